The highest BCUT2D eigenvalue weighted by molar-refractivity contribution is 7.88. The molecule has 40 heavy (non-hydrogen) atoms. The maximum Gasteiger partial charge on any atom is 0.534 e. The fraction of sp³-hybridized carbons (Fsp3) is 0.391. The molecule has 2 aromatic rings. The first-order valence-electron chi connectivity index (χ1n) is 11.4. The van der Waals surface area contributed by atoms with E-state index >= 15 is 0 Å². The van der Waals surface area contributed by atoms with Gasteiger partial charge in [0.15, 0.2) is 0 Å². The Kier molecular flexibility index (Phi) is 10.5. The molecule has 1 aliphatic carbocycles. The number of ether oxygens (including phenoxy) is 2. The summed E-state index contributed by atoms with van der Waals surface area (Å²) in [5.41, 5.74) is -6.23. The Morgan fingerprint density at radius 3 is 1.77 bits per heavy atom. The molecule has 3 rings (SSSR count). The second-order valence-corrected chi connectivity index (χ2v) is 9.81. The van der Waals surface area contributed by atoms with Gasteiger partial charge in [-0.15, -0.1) is 0 Å². The number of methoxy groups -OCH3 is 2. The second-order valence-electron chi connectivity index (χ2n) is 8.27. The molecule has 0 amide bonds. The van der Waals surface area contributed by atoms with Gasteiger partial charge in [-0.3, -0.25) is 20.2 Å². The van der Waals surface area contributed by atoms with Gasteiger partial charge in [0.25, 0.3) is 5.69 Å². The Bertz CT molecular complexity index is 1390. The van der Waals surface area contributed by atoms with Crippen LogP contribution >= 0.6 is 0 Å². The number of nitro groups is 2. The first kappa shape index (κ1) is 31.9. The smallest absolute Gasteiger partial charge is 0.465 e. The highest BCUT2D eigenvalue weighted by atomic mass is 32.2. The van der Waals surface area contributed by atoms with Crippen molar-refractivity contribution < 1.29 is 54.7 Å². The van der Waals surface area contributed by atoms with Gasteiger partial charge in [0.2, 0.25) is 5.75 Å². The summed E-state index contributed by atoms with van der Waals surface area (Å²) in [4.78, 5) is 42.9. The monoisotopic (exact) mass is 592 g/mol. The minimum Gasteiger partial charge on any atom is -0.465 e. The van der Waals surface area contributed by atoms with Crippen LogP contribution in [-0.4, -0.2) is 49.9 Å². The van der Waals surface area contributed by atoms with Crippen LogP contribution in [0.5, 0.6) is 5.75 Å². The maximum atomic E-state index is 12.2. The van der Waals surface area contributed by atoms with Crippen molar-refractivity contribution in [3.63, 3.8) is 0 Å². The Balaban J connectivity index is 0.000000281. The lowest BCUT2D eigenvalue weighted by Gasteiger charge is -2.21. The Morgan fingerprint density at radius 1 is 0.850 bits per heavy atom. The molecule has 1 saturated carbocycles. The lowest BCUT2D eigenvalue weighted by molar-refractivity contribution is -0.385. The predicted molar refractivity (Wildman–Crippen MR) is 130 cm³/mol. The molecule has 0 atom stereocenters. The van der Waals surface area contributed by atoms with Crippen molar-refractivity contribution in [2.75, 3.05) is 14.2 Å². The average molecular weight is 593 g/mol. The first-order valence-corrected chi connectivity index (χ1v) is 12.8. The van der Waals surface area contributed by atoms with Gasteiger partial charge in [-0.05, 0) is 37.0 Å². The van der Waals surface area contributed by atoms with E-state index in [4.69, 9.17) is 0 Å². The quantitative estimate of drug-likeness (QED) is 0.138. The van der Waals surface area contributed by atoms with Crippen LogP contribution in [0.2, 0.25) is 0 Å². The standard InChI is InChI=1S/C14H17NO4.C9H6F3NO7S/c1-19-14(16)11-7-8-12(13(9-11)15(17)18)10-5-3-2-4-6-10;1-19-8(14)5-2-3-7(6(4-5)13(15)16)20-21(17,18)9(10,11)12/h7-10H,2-6H2,1H3;2-4H,1H3. The van der Waals surface area contributed by atoms with E-state index < -0.39 is 48.8 Å². The summed E-state index contributed by atoms with van der Waals surface area (Å²) in [6.45, 7) is 0. The SMILES string of the molecule is COC(=O)c1ccc(C2CCCCC2)c([N+](=O)[O-])c1.COC(=O)c1ccc(OS(=O)(=O)C(F)(F)F)c([N+](=O)[O-])c1. The van der Waals surface area contributed by atoms with E-state index in [1.807, 2.05) is 0 Å². The third-order valence-corrected chi connectivity index (χ3v) is 6.72. The summed E-state index contributed by atoms with van der Waals surface area (Å²) in [5.74, 6) is -2.48. The van der Waals surface area contributed by atoms with E-state index in [1.165, 1.54) is 19.6 Å². The summed E-state index contributed by atoms with van der Waals surface area (Å²) in [7, 11) is -3.82. The summed E-state index contributed by atoms with van der Waals surface area (Å²) >= 11 is 0. The molecular formula is C23H23F3N2O11S. The molecule has 0 spiro atoms. The zero-order chi connectivity index (χ0) is 30.3. The van der Waals surface area contributed by atoms with Gasteiger partial charge in [0.1, 0.15) is 0 Å². The number of nitrogens with zero attached hydrogens (tertiary/aromatic N) is 2. The molecule has 0 aromatic heterocycles. The number of carbonyl (C=O) groups is 2. The van der Waals surface area contributed by atoms with Gasteiger partial charge in [-0.25, -0.2) is 9.59 Å². The predicted octanol–water partition coefficient (Wildman–Crippen LogP) is 5.04. The minimum absolute atomic E-state index is 0.0369. The number of alkyl halides is 3. The molecule has 0 saturated heterocycles. The number of esters is 2. The molecule has 1 fully saturated rings. The minimum atomic E-state index is -6.07. The number of carbonyl (C=O) groups excluding carboxylic acids is 2. The fourth-order valence-electron chi connectivity index (χ4n) is 3.85. The van der Waals surface area contributed by atoms with Crippen LogP contribution in [0.3, 0.4) is 0 Å². The molecule has 218 valence electrons. The average Bonchev–Trinajstić information content (AvgIpc) is 2.91. The zero-order valence-corrected chi connectivity index (χ0v) is 21.8. The number of hydrogen-bond donors (Lipinski definition) is 0. The number of nitro benzene ring substituents is 2. The number of benzene rings is 2. The molecule has 0 bridgehead atoms. The normalized spacial score (nSPS) is 13.8. The van der Waals surface area contributed by atoms with E-state index in [0.29, 0.717) is 12.1 Å². The molecular weight excluding hydrogens is 569 g/mol. The number of hydrogen-bond acceptors (Lipinski definition) is 11. The fourth-order valence-corrected chi connectivity index (χ4v) is 4.32. The van der Waals surface area contributed by atoms with Gasteiger partial charge < -0.3 is 13.7 Å². The maximum absolute atomic E-state index is 12.2. The van der Waals surface area contributed by atoms with Crippen molar-refractivity contribution in [2.24, 2.45) is 0 Å². The van der Waals surface area contributed by atoms with Gasteiger partial charge in [-0.2, -0.15) is 21.6 Å². The summed E-state index contributed by atoms with van der Waals surface area (Å²) < 4.78 is 70.6. The molecule has 0 unspecified atom stereocenters. The van der Waals surface area contributed by atoms with E-state index in [9.17, 15) is 51.4 Å². The molecule has 0 heterocycles. The third kappa shape index (κ3) is 7.87. The summed E-state index contributed by atoms with van der Waals surface area (Å²) in [6, 6.07) is 6.56. The van der Waals surface area contributed by atoms with Gasteiger partial charge in [0.05, 0.1) is 35.2 Å². The zero-order valence-electron chi connectivity index (χ0n) is 21.0. The van der Waals surface area contributed by atoms with Crippen LogP contribution < -0.4 is 4.18 Å². The first-order chi connectivity index (χ1) is 18.6. The van der Waals surface area contributed by atoms with Crippen LogP contribution in [-0.2, 0) is 19.6 Å². The molecule has 17 heteroatoms. The molecule has 13 nitrogen and oxygen atoms in total. The highest BCUT2D eigenvalue weighted by Crippen LogP contribution is 2.38. The van der Waals surface area contributed by atoms with Crippen LogP contribution in [0, 0.1) is 20.2 Å². The van der Waals surface area contributed by atoms with Crippen molar-refractivity contribution in [1.29, 1.82) is 0 Å². The van der Waals surface area contributed by atoms with Crippen LogP contribution in [0.1, 0.15) is 64.3 Å². The van der Waals surface area contributed by atoms with Crippen LogP contribution in [0.4, 0.5) is 24.5 Å². The van der Waals surface area contributed by atoms with Gasteiger partial charge in [0, 0.05) is 17.7 Å². The Hall–Kier alpha value is -4.28. The molecule has 1 aliphatic rings. The summed E-state index contributed by atoms with van der Waals surface area (Å²) in [5, 5.41) is 21.9. The van der Waals surface area contributed by atoms with Crippen molar-refractivity contribution in [2.45, 2.75) is 43.5 Å². The van der Waals surface area contributed by atoms with Crippen molar-refractivity contribution in [3.8, 4) is 5.75 Å². The molecule has 2 aromatic carbocycles. The van der Waals surface area contributed by atoms with Crippen LogP contribution in [0.15, 0.2) is 36.4 Å². The topological polar surface area (TPSA) is 182 Å². The van der Waals surface area contributed by atoms with Crippen molar-refractivity contribution >= 4 is 33.4 Å². The Morgan fingerprint density at radius 2 is 1.32 bits per heavy atom. The second kappa shape index (κ2) is 13.2. The molecule has 0 aliphatic heterocycles. The van der Waals surface area contributed by atoms with E-state index in [1.54, 1.807) is 12.1 Å². The van der Waals surface area contributed by atoms with E-state index in [0.717, 1.165) is 44.4 Å². The molecule has 0 radical (unpaired) electrons. The van der Waals surface area contributed by atoms with Crippen LogP contribution in [0.25, 0.3) is 0 Å². The number of halogens is 3. The Labute approximate surface area is 225 Å². The van der Waals surface area contributed by atoms with E-state index in [2.05, 4.69) is 13.7 Å². The van der Waals surface area contributed by atoms with Crippen molar-refractivity contribution in [1.82, 2.24) is 0 Å². The highest BCUT2D eigenvalue weighted by Gasteiger charge is 2.49. The lowest BCUT2D eigenvalue weighted by atomic mass is 9.83. The summed E-state index contributed by atoms with van der Waals surface area (Å²) in [6.07, 6.45) is 5.39. The van der Waals surface area contributed by atoms with E-state index in [-0.39, 0.29) is 22.7 Å². The lowest BCUT2D eigenvalue weighted by Crippen LogP contribution is -2.28. The number of rotatable bonds is 7. The largest absolute Gasteiger partial charge is 0.534 e. The van der Waals surface area contributed by atoms with Crippen molar-refractivity contribution in [3.05, 3.63) is 73.3 Å². The van der Waals surface area contributed by atoms with Gasteiger partial charge in [-0.1, -0.05) is 25.3 Å². The molecule has 0 N–H and O–H groups in total. The van der Waals surface area contributed by atoms with Gasteiger partial charge >= 0.3 is 33.3 Å². The third-order valence-electron chi connectivity index (χ3n) is 5.75.